The van der Waals surface area contributed by atoms with E-state index in [1.54, 1.807) is 31.2 Å². The van der Waals surface area contributed by atoms with E-state index in [0.29, 0.717) is 0 Å². The first-order valence-electron chi connectivity index (χ1n) is 6.75. The molecule has 2 aromatic rings. The minimum absolute atomic E-state index is 0.130. The molecule has 0 amide bonds. The Morgan fingerprint density at radius 1 is 1.14 bits per heavy atom. The first-order valence-corrected chi connectivity index (χ1v) is 6.75. The summed E-state index contributed by atoms with van der Waals surface area (Å²) < 4.78 is 18.9. The van der Waals surface area contributed by atoms with E-state index in [9.17, 15) is 19.1 Å². The summed E-state index contributed by atoms with van der Waals surface area (Å²) in [5, 5.41) is 9.91. The number of rotatable bonds is 4. The molecule has 0 spiro atoms. The predicted molar refractivity (Wildman–Crippen MR) is 78.6 cm³/mol. The Balaban J connectivity index is 2.41. The van der Waals surface area contributed by atoms with Gasteiger partial charge in [-0.05, 0) is 26.0 Å². The SMILES string of the molecule is CCOC(=O)c1cc(O)c(C(=O)c2ccc(C)cc2)c(F)c1. The number of ether oxygens (including phenoxy) is 1. The van der Waals surface area contributed by atoms with Crippen molar-refractivity contribution < 1.29 is 23.8 Å². The van der Waals surface area contributed by atoms with Crippen molar-refractivity contribution >= 4 is 11.8 Å². The van der Waals surface area contributed by atoms with Crippen molar-refractivity contribution in [2.75, 3.05) is 6.61 Å². The van der Waals surface area contributed by atoms with Gasteiger partial charge in [-0.25, -0.2) is 9.18 Å². The number of ketones is 1. The van der Waals surface area contributed by atoms with Crippen LogP contribution < -0.4 is 0 Å². The highest BCUT2D eigenvalue weighted by Crippen LogP contribution is 2.26. The average molecular weight is 302 g/mol. The largest absolute Gasteiger partial charge is 0.507 e. The van der Waals surface area contributed by atoms with Crippen LogP contribution in [0.5, 0.6) is 5.75 Å². The summed E-state index contributed by atoms with van der Waals surface area (Å²) in [7, 11) is 0. The molecule has 0 fully saturated rings. The van der Waals surface area contributed by atoms with Crippen LogP contribution in [0.1, 0.15) is 38.8 Å². The summed E-state index contributed by atoms with van der Waals surface area (Å²) >= 11 is 0. The van der Waals surface area contributed by atoms with E-state index in [1.165, 1.54) is 0 Å². The van der Waals surface area contributed by atoms with Gasteiger partial charge in [0.15, 0.2) is 5.78 Å². The van der Waals surface area contributed by atoms with Gasteiger partial charge in [0.05, 0.1) is 12.2 Å². The molecule has 0 saturated heterocycles. The fourth-order valence-electron chi connectivity index (χ4n) is 2.00. The molecule has 0 saturated carbocycles. The molecule has 114 valence electrons. The summed E-state index contributed by atoms with van der Waals surface area (Å²) in [5.41, 5.74) is 0.608. The maximum atomic E-state index is 14.1. The lowest BCUT2D eigenvalue weighted by Gasteiger charge is -2.08. The Morgan fingerprint density at radius 2 is 1.77 bits per heavy atom. The van der Waals surface area contributed by atoms with E-state index >= 15 is 0 Å². The van der Waals surface area contributed by atoms with Gasteiger partial charge in [-0.15, -0.1) is 0 Å². The van der Waals surface area contributed by atoms with Crippen molar-refractivity contribution in [3.05, 3.63) is 64.5 Å². The molecule has 0 aliphatic heterocycles. The minimum Gasteiger partial charge on any atom is -0.507 e. The van der Waals surface area contributed by atoms with Gasteiger partial charge < -0.3 is 9.84 Å². The van der Waals surface area contributed by atoms with E-state index in [0.717, 1.165) is 17.7 Å². The standard InChI is InChI=1S/C17H15FO4/c1-3-22-17(21)12-8-13(18)15(14(19)9-12)16(20)11-6-4-10(2)5-7-11/h4-9,19H,3H2,1-2H3. The van der Waals surface area contributed by atoms with E-state index < -0.39 is 28.9 Å². The monoisotopic (exact) mass is 302 g/mol. The number of hydrogen-bond donors (Lipinski definition) is 1. The number of benzene rings is 2. The fourth-order valence-corrected chi connectivity index (χ4v) is 2.00. The molecule has 2 rings (SSSR count). The molecule has 0 unspecified atom stereocenters. The maximum absolute atomic E-state index is 14.1. The van der Waals surface area contributed by atoms with Gasteiger partial charge in [0, 0.05) is 5.56 Å². The van der Waals surface area contributed by atoms with E-state index in [1.807, 2.05) is 6.92 Å². The molecular weight excluding hydrogens is 287 g/mol. The number of phenolic OH excluding ortho intramolecular Hbond substituents is 1. The number of aromatic hydroxyl groups is 1. The third-order valence-corrected chi connectivity index (χ3v) is 3.12. The summed E-state index contributed by atoms with van der Waals surface area (Å²) in [6.45, 7) is 3.61. The van der Waals surface area contributed by atoms with Gasteiger partial charge in [-0.2, -0.15) is 0 Å². The van der Waals surface area contributed by atoms with Crippen LogP contribution in [0.25, 0.3) is 0 Å². The third-order valence-electron chi connectivity index (χ3n) is 3.12. The zero-order chi connectivity index (χ0) is 16.3. The lowest BCUT2D eigenvalue weighted by Crippen LogP contribution is -2.09. The van der Waals surface area contributed by atoms with Crippen LogP contribution in [0.4, 0.5) is 4.39 Å². The summed E-state index contributed by atoms with van der Waals surface area (Å²) in [6, 6.07) is 8.46. The van der Waals surface area contributed by atoms with Crippen LogP contribution in [0.15, 0.2) is 36.4 Å². The first-order chi connectivity index (χ1) is 10.4. The highest BCUT2D eigenvalue weighted by atomic mass is 19.1. The van der Waals surface area contributed by atoms with Crippen molar-refractivity contribution in [3.8, 4) is 5.75 Å². The average Bonchev–Trinajstić information content (AvgIpc) is 2.47. The van der Waals surface area contributed by atoms with Crippen molar-refractivity contribution in [3.63, 3.8) is 0 Å². The number of phenols is 1. The van der Waals surface area contributed by atoms with Crippen molar-refractivity contribution in [1.82, 2.24) is 0 Å². The van der Waals surface area contributed by atoms with Crippen LogP contribution >= 0.6 is 0 Å². The smallest absolute Gasteiger partial charge is 0.338 e. The second kappa shape index (κ2) is 6.39. The third kappa shape index (κ3) is 3.14. The molecule has 4 nitrogen and oxygen atoms in total. The Morgan fingerprint density at radius 3 is 2.32 bits per heavy atom. The Kier molecular flexibility index (Phi) is 4.56. The van der Waals surface area contributed by atoms with Crippen LogP contribution in [0.2, 0.25) is 0 Å². The Bertz CT molecular complexity index is 697. The van der Waals surface area contributed by atoms with Gasteiger partial charge in [-0.1, -0.05) is 29.8 Å². The number of carbonyl (C=O) groups is 2. The minimum atomic E-state index is -0.964. The number of carbonyl (C=O) groups excluding carboxylic acids is 2. The maximum Gasteiger partial charge on any atom is 0.338 e. The highest BCUT2D eigenvalue weighted by Gasteiger charge is 2.21. The first kappa shape index (κ1) is 15.7. The van der Waals surface area contributed by atoms with E-state index in [2.05, 4.69) is 0 Å². The van der Waals surface area contributed by atoms with Crippen LogP contribution in [0.3, 0.4) is 0 Å². The van der Waals surface area contributed by atoms with Gasteiger partial charge in [0.1, 0.15) is 17.1 Å². The molecule has 2 aromatic carbocycles. The predicted octanol–water partition coefficient (Wildman–Crippen LogP) is 3.25. The molecular formula is C17H15FO4. The van der Waals surface area contributed by atoms with E-state index in [4.69, 9.17) is 4.74 Å². The second-order valence-corrected chi connectivity index (χ2v) is 4.77. The highest BCUT2D eigenvalue weighted by molar-refractivity contribution is 6.11. The molecule has 0 atom stereocenters. The fraction of sp³-hybridized carbons (Fsp3) is 0.176. The van der Waals surface area contributed by atoms with Gasteiger partial charge in [0.25, 0.3) is 0 Å². The molecule has 0 aliphatic rings. The molecule has 0 aromatic heterocycles. The van der Waals surface area contributed by atoms with Crippen LogP contribution in [-0.2, 0) is 4.74 Å². The number of halogens is 1. The lowest BCUT2D eigenvalue weighted by atomic mass is 9.99. The van der Waals surface area contributed by atoms with Crippen molar-refractivity contribution in [1.29, 1.82) is 0 Å². The molecule has 5 heteroatoms. The molecule has 22 heavy (non-hydrogen) atoms. The molecule has 0 bridgehead atoms. The van der Waals surface area contributed by atoms with Crippen LogP contribution in [0, 0.1) is 12.7 Å². The Labute approximate surface area is 127 Å². The summed E-state index contributed by atoms with van der Waals surface area (Å²) in [6.07, 6.45) is 0. The molecule has 0 aliphatic carbocycles. The van der Waals surface area contributed by atoms with Crippen molar-refractivity contribution in [2.45, 2.75) is 13.8 Å². The lowest BCUT2D eigenvalue weighted by molar-refractivity contribution is 0.0525. The van der Waals surface area contributed by atoms with Crippen molar-refractivity contribution in [2.24, 2.45) is 0 Å². The number of esters is 1. The summed E-state index contributed by atoms with van der Waals surface area (Å²) in [5.74, 6) is -2.96. The summed E-state index contributed by atoms with van der Waals surface area (Å²) in [4.78, 5) is 23.8. The van der Waals surface area contributed by atoms with Gasteiger partial charge in [-0.3, -0.25) is 4.79 Å². The van der Waals surface area contributed by atoms with Gasteiger partial charge in [0.2, 0.25) is 0 Å². The zero-order valence-corrected chi connectivity index (χ0v) is 12.2. The van der Waals surface area contributed by atoms with Gasteiger partial charge >= 0.3 is 5.97 Å². The normalized spacial score (nSPS) is 10.3. The topological polar surface area (TPSA) is 63.6 Å². The number of aryl methyl sites for hydroxylation is 1. The zero-order valence-electron chi connectivity index (χ0n) is 12.2. The molecule has 1 N–H and O–H groups in total. The quantitative estimate of drug-likeness (QED) is 0.695. The molecule has 0 radical (unpaired) electrons. The Hall–Kier alpha value is -2.69. The van der Waals surface area contributed by atoms with Crippen LogP contribution in [-0.4, -0.2) is 23.5 Å². The number of hydrogen-bond acceptors (Lipinski definition) is 4. The van der Waals surface area contributed by atoms with E-state index in [-0.39, 0.29) is 17.7 Å². The second-order valence-electron chi connectivity index (χ2n) is 4.77. The molecule has 0 heterocycles.